The molecule has 0 saturated heterocycles. The third-order valence-corrected chi connectivity index (χ3v) is 8.09. The summed E-state index contributed by atoms with van der Waals surface area (Å²) in [6, 6.07) is 31.0. The number of amides is 1. The van der Waals surface area contributed by atoms with Gasteiger partial charge in [0.1, 0.15) is 17.2 Å². The predicted molar refractivity (Wildman–Crippen MR) is 193 cm³/mol. The molecule has 0 heterocycles. The van der Waals surface area contributed by atoms with Crippen LogP contribution in [0.5, 0.6) is 17.2 Å². The summed E-state index contributed by atoms with van der Waals surface area (Å²) in [6.07, 6.45) is 2.86. The van der Waals surface area contributed by atoms with E-state index in [0.29, 0.717) is 75.0 Å². The van der Waals surface area contributed by atoms with Crippen LogP contribution in [0.2, 0.25) is 0 Å². The van der Waals surface area contributed by atoms with Gasteiger partial charge in [-0.05, 0) is 79.8 Å². The molecular weight excluding hydrogens is 642 g/mol. The van der Waals surface area contributed by atoms with Gasteiger partial charge in [0.15, 0.2) is 0 Å². The number of benzene rings is 4. The van der Waals surface area contributed by atoms with E-state index in [2.05, 4.69) is 27.1 Å². The number of ether oxygens (including phenoxy) is 3. The van der Waals surface area contributed by atoms with Gasteiger partial charge in [-0.1, -0.05) is 54.6 Å². The van der Waals surface area contributed by atoms with Crippen molar-refractivity contribution in [3.05, 3.63) is 114 Å². The number of nitrogens with one attached hydrogen (secondary N) is 2. The maximum absolute atomic E-state index is 12.1. The van der Waals surface area contributed by atoms with Crippen molar-refractivity contribution in [2.75, 3.05) is 35.6 Å². The van der Waals surface area contributed by atoms with Crippen LogP contribution in [0.4, 0.5) is 11.4 Å². The zero-order valence-corrected chi connectivity index (χ0v) is 29.1. The summed E-state index contributed by atoms with van der Waals surface area (Å²) in [4.78, 5) is 25.7. The molecule has 11 heteroatoms. The average Bonchev–Trinajstić information content (AvgIpc) is 3.07. The highest BCUT2D eigenvalue weighted by Crippen LogP contribution is 2.31. The maximum Gasteiger partial charge on any atom is 0.305 e. The first-order chi connectivity index (χ1) is 23.6. The van der Waals surface area contributed by atoms with Crippen molar-refractivity contribution >= 4 is 33.3 Å². The van der Waals surface area contributed by atoms with Crippen molar-refractivity contribution in [2.45, 2.75) is 52.6 Å². The first-order valence-corrected chi connectivity index (χ1v) is 18.3. The molecule has 0 bridgehead atoms. The van der Waals surface area contributed by atoms with Gasteiger partial charge in [-0.25, -0.2) is 8.42 Å². The molecule has 0 aromatic heterocycles. The van der Waals surface area contributed by atoms with E-state index >= 15 is 0 Å². The molecule has 1 amide bonds. The normalized spacial score (nSPS) is 11.0. The van der Waals surface area contributed by atoms with Crippen LogP contribution in [0, 0.1) is 6.92 Å². The molecule has 0 aliphatic rings. The summed E-state index contributed by atoms with van der Waals surface area (Å²) in [6.45, 7) is 6.08. The molecule has 2 N–H and O–H groups in total. The summed E-state index contributed by atoms with van der Waals surface area (Å²) in [5.41, 5.74) is 4.53. The predicted octanol–water partition coefficient (Wildman–Crippen LogP) is 6.98. The van der Waals surface area contributed by atoms with Gasteiger partial charge in [0.05, 0.1) is 25.2 Å². The van der Waals surface area contributed by atoms with Crippen LogP contribution in [0.15, 0.2) is 97.1 Å². The van der Waals surface area contributed by atoms with Crippen molar-refractivity contribution in [3.63, 3.8) is 0 Å². The SMILES string of the molecule is CCOC(=O)CCCNC(=O)CCCOc1cccc(Oc2ccc(CN(Cc3ccccc3)c3cccc(NS(C)(=O)=O)c3C)cc2)c1. The fraction of sp³-hybridized carbons (Fsp3) is 0.316. The maximum atomic E-state index is 12.1. The Hall–Kier alpha value is -5.03. The van der Waals surface area contributed by atoms with E-state index in [4.69, 9.17) is 14.2 Å². The van der Waals surface area contributed by atoms with Crippen LogP contribution in [0.1, 0.15) is 49.3 Å². The van der Waals surface area contributed by atoms with Crippen molar-refractivity contribution in [1.29, 1.82) is 0 Å². The molecule has 0 unspecified atom stereocenters. The highest BCUT2D eigenvalue weighted by molar-refractivity contribution is 7.92. The van der Waals surface area contributed by atoms with Crippen LogP contribution >= 0.6 is 0 Å². The average molecular weight is 688 g/mol. The van der Waals surface area contributed by atoms with Gasteiger partial charge in [0.2, 0.25) is 15.9 Å². The zero-order chi connectivity index (χ0) is 35.1. The number of nitrogens with zero attached hydrogens (tertiary/aromatic N) is 1. The molecule has 0 radical (unpaired) electrons. The molecule has 4 aromatic carbocycles. The third kappa shape index (κ3) is 12.8. The molecule has 49 heavy (non-hydrogen) atoms. The molecule has 0 atom stereocenters. The second-order valence-corrected chi connectivity index (χ2v) is 13.3. The van der Waals surface area contributed by atoms with E-state index in [1.54, 1.807) is 13.0 Å². The molecule has 0 aliphatic heterocycles. The Morgan fingerprint density at radius 3 is 2.18 bits per heavy atom. The van der Waals surface area contributed by atoms with E-state index in [-0.39, 0.29) is 18.3 Å². The molecule has 0 aliphatic carbocycles. The molecule has 10 nitrogen and oxygen atoms in total. The van der Waals surface area contributed by atoms with E-state index in [1.807, 2.05) is 85.8 Å². The Morgan fingerprint density at radius 2 is 1.47 bits per heavy atom. The largest absolute Gasteiger partial charge is 0.493 e. The Labute approximate surface area is 289 Å². The minimum Gasteiger partial charge on any atom is -0.493 e. The lowest BCUT2D eigenvalue weighted by atomic mass is 10.1. The van der Waals surface area contributed by atoms with Gasteiger partial charge in [-0.2, -0.15) is 0 Å². The van der Waals surface area contributed by atoms with Gasteiger partial charge >= 0.3 is 5.97 Å². The van der Waals surface area contributed by atoms with Crippen molar-refractivity contribution in [1.82, 2.24) is 5.32 Å². The van der Waals surface area contributed by atoms with E-state index < -0.39 is 10.0 Å². The number of hydrogen-bond acceptors (Lipinski definition) is 8. The third-order valence-electron chi connectivity index (χ3n) is 7.50. The number of carbonyl (C=O) groups is 2. The fourth-order valence-electron chi connectivity index (χ4n) is 5.16. The summed E-state index contributed by atoms with van der Waals surface area (Å²) < 4.78 is 43.4. The van der Waals surface area contributed by atoms with Crippen molar-refractivity contribution in [3.8, 4) is 17.2 Å². The molecule has 260 valence electrons. The number of rotatable bonds is 19. The highest BCUT2D eigenvalue weighted by Gasteiger charge is 2.15. The number of hydrogen-bond donors (Lipinski definition) is 2. The number of sulfonamides is 1. The monoisotopic (exact) mass is 687 g/mol. The van der Waals surface area contributed by atoms with Gasteiger partial charge in [-0.15, -0.1) is 0 Å². The Bertz CT molecular complexity index is 1760. The first-order valence-electron chi connectivity index (χ1n) is 16.4. The van der Waals surface area contributed by atoms with Crippen LogP contribution < -0.4 is 24.4 Å². The zero-order valence-electron chi connectivity index (χ0n) is 28.3. The summed E-state index contributed by atoms with van der Waals surface area (Å²) >= 11 is 0. The standard InChI is InChI=1S/C38H45N3O7S/c1-4-46-38(43)19-10-24-39-37(42)18-11-25-47-33-14-8-15-34(26-33)48-32-22-20-31(21-23-32)28-41(27-30-12-6-5-7-13-30)36-17-9-16-35(29(36)2)40-49(3,44)45/h5-9,12-17,20-23,26,40H,4,10-11,18-19,24-25,27-28H2,1-3H3,(H,39,42). The summed E-state index contributed by atoms with van der Waals surface area (Å²) in [7, 11) is -3.43. The van der Waals surface area contributed by atoms with Crippen molar-refractivity contribution in [2.24, 2.45) is 0 Å². The Morgan fingerprint density at radius 1 is 0.776 bits per heavy atom. The van der Waals surface area contributed by atoms with Crippen LogP contribution in [0.3, 0.4) is 0 Å². The van der Waals surface area contributed by atoms with Gasteiger partial charge in [0, 0.05) is 44.2 Å². The van der Waals surface area contributed by atoms with Crippen molar-refractivity contribution < 1.29 is 32.2 Å². The van der Waals surface area contributed by atoms with Gasteiger partial charge in [0.25, 0.3) is 0 Å². The summed E-state index contributed by atoms with van der Waals surface area (Å²) in [5, 5.41) is 2.81. The van der Waals surface area contributed by atoms with Gasteiger partial charge < -0.3 is 24.4 Å². The molecule has 0 saturated carbocycles. The highest BCUT2D eigenvalue weighted by atomic mass is 32.2. The number of anilines is 2. The van der Waals surface area contributed by atoms with E-state index in [9.17, 15) is 18.0 Å². The molecule has 0 fully saturated rings. The second-order valence-electron chi connectivity index (χ2n) is 11.6. The lowest BCUT2D eigenvalue weighted by molar-refractivity contribution is -0.143. The molecular formula is C38H45N3O7S. The lowest BCUT2D eigenvalue weighted by Crippen LogP contribution is -2.25. The fourth-order valence-corrected chi connectivity index (χ4v) is 5.78. The topological polar surface area (TPSA) is 123 Å². The second kappa shape index (κ2) is 18.5. The minimum atomic E-state index is -3.43. The smallest absolute Gasteiger partial charge is 0.305 e. The van der Waals surface area contributed by atoms with Gasteiger partial charge in [-0.3, -0.25) is 14.3 Å². The summed E-state index contributed by atoms with van der Waals surface area (Å²) in [5.74, 6) is 1.61. The molecule has 4 aromatic rings. The quantitative estimate of drug-likeness (QED) is 0.0800. The van der Waals surface area contributed by atoms with E-state index in [1.165, 1.54) is 0 Å². The van der Waals surface area contributed by atoms with Crippen LogP contribution in [-0.4, -0.2) is 46.3 Å². The van der Waals surface area contributed by atoms with Crippen LogP contribution in [0.25, 0.3) is 0 Å². The number of esters is 1. The number of carbonyl (C=O) groups excluding carboxylic acids is 2. The Balaban J connectivity index is 1.32. The minimum absolute atomic E-state index is 0.0798. The Kier molecular flexibility index (Phi) is 13.9. The molecule has 0 spiro atoms. The van der Waals surface area contributed by atoms with E-state index in [0.717, 1.165) is 28.6 Å². The first kappa shape index (κ1) is 36.8. The lowest BCUT2D eigenvalue weighted by Gasteiger charge is -2.28. The van der Waals surface area contributed by atoms with Crippen LogP contribution in [-0.2, 0) is 37.4 Å². The molecule has 4 rings (SSSR count).